The van der Waals surface area contributed by atoms with Crippen LogP contribution in [0.5, 0.6) is 0 Å². The van der Waals surface area contributed by atoms with Gasteiger partial charge in [0.15, 0.2) is 6.29 Å². The minimum atomic E-state index is -0.326. The lowest BCUT2D eigenvalue weighted by Crippen LogP contribution is -2.25. The minimum absolute atomic E-state index is 0.0152. The second kappa shape index (κ2) is 8.07. The zero-order chi connectivity index (χ0) is 16.8. The van der Waals surface area contributed by atoms with E-state index in [9.17, 15) is 5.11 Å². The Morgan fingerprint density at radius 3 is 2.67 bits per heavy atom. The van der Waals surface area contributed by atoms with Crippen molar-refractivity contribution < 1.29 is 14.6 Å². The molecule has 2 aromatic carbocycles. The number of nitrogens with zero attached hydrogens (tertiary/aromatic N) is 1. The molecule has 124 valence electrons. The number of nitriles is 1. The second-order valence-electron chi connectivity index (χ2n) is 5.95. The topological polar surface area (TPSA) is 62.5 Å². The van der Waals surface area contributed by atoms with E-state index in [1.54, 1.807) is 6.07 Å². The van der Waals surface area contributed by atoms with Gasteiger partial charge in [0, 0.05) is 6.61 Å². The Kier molecular flexibility index (Phi) is 5.60. The Hall–Kier alpha value is -2.19. The zero-order valence-corrected chi connectivity index (χ0v) is 13.5. The molecule has 1 aliphatic heterocycles. The molecule has 4 nitrogen and oxygen atoms in total. The van der Waals surface area contributed by atoms with Gasteiger partial charge in [0.05, 0.1) is 18.2 Å². The quantitative estimate of drug-likeness (QED) is 0.911. The van der Waals surface area contributed by atoms with Gasteiger partial charge < -0.3 is 14.6 Å². The predicted octanol–water partition coefficient (Wildman–Crippen LogP) is 3.68. The third-order valence-electron chi connectivity index (χ3n) is 4.18. The highest BCUT2D eigenvalue weighted by molar-refractivity contribution is 5.38. The van der Waals surface area contributed by atoms with Crippen LogP contribution in [0, 0.1) is 11.3 Å². The summed E-state index contributed by atoms with van der Waals surface area (Å²) in [6, 6.07) is 17.3. The second-order valence-corrected chi connectivity index (χ2v) is 5.95. The summed E-state index contributed by atoms with van der Waals surface area (Å²) in [4.78, 5) is 0. The van der Waals surface area contributed by atoms with Crippen LogP contribution >= 0.6 is 0 Å². The first-order valence-corrected chi connectivity index (χ1v) is 8.27. The summed E-state index contributed by atoms with van der Waals surface area (Å²) in [5.41, 5.74) is 3.30. The zero-order valence-electron chi connectivity index (χ0n) is 13.5. The van der Waals surface area contributed by atoms with Crippen molar-refractivity contribution in [1.29, 1.82) is 5.26 Å². The fourth-order valence-corrected chi connectivity index (χ4v) is 2.95. The molecule has 0 saturated carbocycles. The van der Waals surface area contributed by atoms with Crippen LogP contribution in [0.25, 0.3) is 0 Å². The molecule has 2 aromatic rings. The minimum Gasteiger partial charge on any atom is -0.392 e. The SMILES string of the molecule is N#Cc1cccc(C(OC2CCCCO2)c2cccc(CO)c2)c1. The molecule has 0 aliphatic carbocycles. The Morgan fingerprint density at radius 1 is 1.17 bits per heavy atom. The van der Waals surface area contributed by atoms with E-state index in [4.69, 9.17) is 14.7 Å². The molecule has 2 atom stereocenters. The molecule has 1 fully saturated rings. The van der Waals surface area contributed by atoms with Crippen molar-refractivity contribution >= 4 is 0 Å². The summed E-state index contributed by atoms with van der Waals surface area (Å²) in [5, 5.41) is 18.6. The molecule has 0 radical (unpaired) electrons. The van der Waals surface area contributed by atoms with E-state index in [1.807, 2.05) is 42.5 Å². The number of ether oxygens (including phenoxy) is 2. The maximum Gasteiger partial charge on any atom is 0.158 e. The van der Waals surface area contributed by atoms with Gasteiger partial charge in [0.2, 0.25) is 0 Å². The van der Waals surface area contributed by atoms with Gasteiger partial charge in [0.1, 0.15) is 6.10 Å². The molecule has 2 unspecified atom stereocenters. The highest BCUT2D eigenvalue weighted by atomic mass is 16.7. The lowest BCUT2D eigenvalue weighted by molar-refractivity contribution is -0.181. The third-order valence-corrected chi connectivity index (χ3v) is 4.18. The fourth-order valence-electron chi connectivity index (χ4n) is 2.95. The third kappa shape index (κ3) is 4.01. The van der Waals surface area contributed by atoms with Crippen LogP contribution in [0.1, 0.15) is 47.6 Å². The summed E-state index contributed by atoms with van der Waals surface area (Å²) < 4.78 is 12.0. The van der Waals surface area contributed by atoms with Gasteiger partial charge in [-0.2, -0.15) is 5.26 Å². The standard InChI is InChI=1S/C20H21NO3/c21-13-15-5-3-7-17(11-15)20(24-19-9-1-2-10-23-19)18-8-4-6-16(12-18)14-22/h3-8,11-12,19-20,22H,1-2,9-10,14H2. The number of benzene rings is 2. The number of rotatable bonds is 5. The van der Waals surface area contributed by atoms with Gasteiger partial charge in [0.25, 0.3) is 0 Å². The summed E-state index contributed by atoms with van der Waals surface area (Å²) in [7, 11) is 0. The Bertz CT molecular complexity index is 717. The lowest BCUT2D eigenvalue weighted by Gasteiger charge is -2.28. The van der Waals surface area contributed by atoms with Gasteiger partial charge in [-0.3, -0.25) is 0 Å². The van der Waals surface area contributed by atoms with Crippen molar-refractivity contribution in [1.82, 2.24) is 0 Å². The predicted molar refractivity (Wildman–Crippen MR) is 90.0 cm³/mol. The van der Waals surface area contributed by atoms with Crippen LogP contribution in [-0.4, -0.2) is 18.0 Å². The largest absolute Gasteiger partial charge is 0.392 e. The molecule has 24 heavy (non-hydrogen) atoms. The molecule has 4 heteroatoms. The molecule has 1 N–H and O–H groups in total. The average Bonchev–Trinajstić information content (AvgIpc) is 2.67. The lowest BCUT2D eigenvalue weighted by atomic mass is 9.98. The van der Waals surface area contributed by atoms with E-state index in [0.29, 0.717) is 12.2 Å². The summed E-state index contributed by atoms with van der Waals surface area (Å²) in [5.74, 6) is 0. The van der Waals surface area contributed by atoms with E-state index in [0.717, 1.165) is 36.0 Å². The van der Waals surface area contributed by atoms with E-state index < -0.39 is 0 Å². The Morgan fingerprint density at radius 2 is 1.96 bits per heavy atom. The average molecular weight is 323 g/mol. The molecule has 0 amide bonds. The van der Waals surface area contributed by atoms with E-state index in [1.165, 1.54) is 0 Å². The van der Waals surface area contributed by atoms with Crippen LogP contribution < -0.4 is 0 Å². The molecule has 1 aliphatic rings. The number of aliphatic hydroxyl groups is 1. The Labute approximate surface area is 142 Å². The first-order valence-electron chi connectivity index (χ1n) is 8.27. The highest BCUT2D eigenvalue weighted by Crippen LogP contribution is 2.31. The summed E-state index contributed by atoms with van der Waals surface area (Å²) in [6.07, 6.45) is 2.45. The van der Waals surface area contributed by atoms with E-state index in [-0.39, 0.29) is 19.0 Å². The summed E-state index contributed by atoms with van der Waals surface area (Å²) >= 11 is 0. The smallest absolute Gasteiger partial charge is 0.158 e. The van der Waals surface area contributed by atoms with Crippen LogP contribution in [-0.2, 0) is 16.1 Å². The molecule has 0 bridgehead atoms. The van der Waals surface area contributed by atoms with Crippen LogP contribution in [0.15, 0.2) is 48.5 Å². The highest BCUT2D eigenvalue weighted by Gasteiger charge is 2.23. The van der Waals surface area contributed by atoms with Crippen molar-refractivity contribution in [3.05, 3.63) is 70.8 Å². The molecule has 0 aromatic heterocycles. The van der Waals surface area contributed by atoms with E-state index in [2.05, 4.69) is 6.07 Å². The van der Waals surface area contributed by atoms with Gasteiger partial charge in [-0.25, -0.2) is 0 Å². The maximum absolute atomic E-state index is 9.41. The monoisotopic (exact) mass is 323 g/mol. The number of aliphatic hydroxyl groups excluding tert-OH is 1. The maximum atomic E-state index is 9.41. The van der Waals surface area contributed by atoms with Crippen molar-refractivity contribution in [2.24, 2.45) is 0 Å². The molecule has 0 spiro atoms. The molecule has 1 saturated heterocycles. The first-order chi connectivity index (χ1) is 11.8. The molecule has 3 rings (SSSR count). The molecule has 1 heterocycles. The molecular formula is C20H21NO3. The van der Waals surface area contributed by atoms with Gasteiger partial charge in [-0.1, -0.05) is 36.4 Å². The van der Waals surface area contributed by atoms with Crippen molar-refractivity contribution in [3.8, 4) is 6.07 Å². The van der Waals surface area contributed by atoms with Crippen LogP contribution in [0.3, 0.4) is 0 Å². The van der Waals surface area contributed by atoms with E-state index >= 15 is 0 Å². The van der Waals surface area contributed by atoms with Crippen molar-refractivity contribution in [2.75, 3.05) is 6.61 Å². The van der Waals surface area contributed by atoms with Crippen molar-refractivity contribution in [2.45, 2.75) is 38.3 Å². The fraction of sp³-hybridized carbons (Fsp3) is 0.350. The van der Waals surface area contributed by atoms with Gasteiger partial charge >= 0.3 is 0 Å². The number of hydrogen-bond donors (Lipinski definition) is 1. The summed E-state index contributed by atoms with van der Waals surface area (Å²) in [6.45, 7) is 0.699. The number of hydrogen-bond acceptors (Lipinski definition) is 4. The van der Waals surface area contributed by atoms with Crippen LogP contribution in [0.2, 0.25) is 0 Å². The molecular weight excluding hydrogens is 302 g/mol. The normalized spacial score (nSPS) is 18.8. The van der Waals surface area contributed by atoms with Gasteiger partial charge in [-0.05, 0) is 48.1 Å². The van der Waals surface area contributed by atoms with Crippen molar-refractivity contribution in [3.63, 3.8) is 0 Å². The van der Waals surface area contributed by atoms with Crippen LogP contribution in [0.4, 0.5) is 0 Å². The first kappa shape index (κ1) is 16.7. The van der Waals surface area contributed by atoms with Gasteiger partial charge in [-0.15, -0.1) is 0 Å². The Balaban J connectivity index is 1.94.